The number of carboxylic acid groups (broad SMARTS) is 1. The van der Waals surface area contributed by atoms with Crippen LogP contribution < -0.4 is 15.4 Å². The van der Waals surface area contributed by atoms with Crippen molar-refractivity contribution in [3.63, 3.8) is 0 Å². The van der Waals surface area contributed by atoms with Crippen molar-refractivity contribution >= 4 is 35.4 Å². The molecule has 2 amide bonds. The average Bonchev–Trinajstić information content (AvgIpc) is 3.81. The highest BCUT2D eigenvalue weighted by molar-refractivity contribution is 6.33. The fourth-order valence-electron chi connectivity index (χ4n) is 6.00. The summed E-state index contributed by atoms with van der Waals surface area (Å²) in [6.45, 7) is 0.875. The molecule has 5 rings (SSSR count). The van der Waals surface area contributed by atoms with Gasteiger partial charge < -0.3 is 25.4 Å². The van der Waals surface area contributed by atoms with E-state index in [1.165, 1.54) is 37.1 Å². The van der Waals surface area contributed by atoms with Gasteiger partial charge >= 0.3 is 12.2 Å². The summed E-state index contributed by atoms with van der Waals surface area (Å²) in [6.07, 6.45) is 11.6. The van der Waals surface area contributed by atoms with Crippen molar-refractivity contribution in [3.05, 3.63) is 57.5 Å². The largest absolute Gasteiger partial charge is 0.465 e. The van der Waals surface area contributed by atoms with Crippen LogP contribution in [0.15, 0.2) is 36.7 Å². The first-order chi connectivity index (χ1) is 22.7. The fraction of sp³-hybridized carbons (Fsp3) is 0.531. The number of hydrogen-bond acceptors (Lipinski definition) is 9. The molecular weight excluding hydrogens is 628 g/mol. The Kier molecular flexibility index (Phi) is 11.5. The number of non-ortho nitro benzene ring substituents is 1. The van der Waals surface area contributed by atoms with Gasteiger partial charge in [0.15, 0.2) is 0 Å². The molecule has 3 aromatic rings. The average molecular weight is 669 g/mol. The van der Waals surface area contributed by atoms with Crippen LogP contribution in [-0.2, 0) is 13.5 Å². The van der Waals surface area contributed by atoms with E-state index in [0.29, 0.717) is 35.7 Å². The van der Waals surface area contributed by atoms with E-state index in [1.54, 1.807) is 11.1 Å². The number of carbonyl (C=O) groups excluding carboxylic acids is 1. The van der Waals surface area contributed by atoms with Gasteiger partial charge in [0.25, 0.3) is 5.69 Å². The van der Waals surface area contributed by atoms with Crippen molar-refractivity contribution in [2.45, 2.75) is 82.7 Å². The second-order valence-electron chi connectivity index (χ2n) is 12.3. The molecule has 2 heterocycles. The SMILES string of the molecule is Cn1ncc(-c2nc(N[C@H]3CC[C@H](N(CCCCCCNC(=O)Oc4ccc([N+](=O)[O-])cc4)C(=O)O)CC3)ncc2Cl)c1CC1CC1. The highest BCUT2D eigenvalue weighted by Crippen LogP contribution is 2.37. The molecule has 2 aliphatic rings. The van der Waals surface area contributed by atoms with Gasteiger partial charge in [-0.1, -0.05) is 24.4 Å². The maximum Gasteiger partial charge on any atom is 0.412 e. The minimum Gasteiger partial charge on any atom is -0.465 e. The zero-order chi connectivity index (χ0) is 33.3. The predicted molar refractivity (Wildman–Crippen MR) is 176 cm³/mol. The number of nitrogens with one attached hydrogen (secondary N) is 2. The number of amides is 2. The Labute approximate surface area is 278 Å². The highest BCUT2D eigenvalue weighted by Gasteiger charge is 2.30. The number of unbranched alkanes of at least 4 members (excludes halogenated alkanes) is 3. The summed E-state index contributed by atoms with van der Waals surface area (Å²) in [4.78, 5) is 45.0. The molecule has 0 atom stereocenters. The second kappa shape index (κ2) is 15.9. The molecule has 15 heteroatoms. The van der Waals surface area contributed by atoms with E-state index in [4.69, 9.17) is 21.3 Å². The number of aryl methyl sites for hydroxylation is 1. The molecule has 0 saturated heterocycles. The zero-order valence-electron chi connectivity index (χ0n) is 26.4. The number of rotatable bonds is 15. The Hall–Kier alpha value is -4.46. The van der Waals surface area contributed by atoms with Crippen LogP contribution in [-0.4, -0.2) is 72.0 Å². The van der Waals surface area contributed by atoms with Gasteiger partial charge in [0.1, 0.15) is 5.75 Å². The summed E-state index contributed by atoms with van der Waals surface area (Å²) in [5.41, 5.74) is 2.67. The molecular formula is C32H41ClN8O6. The summed E-state index contributed by atoms with van der Waals surface area (Å²) in [7, 11) is 1.95. The van der Waals surface area contributed by atoms with E-state index in [1.807, 2.05) is 17.9 Å². The standard InChI is InChI=1S/C32H41ClN8O6/c1-39-28(18-21-6-7-21)26(19-36-39)29-27(33)20-35-30(38-29)37-22-8-10-23(11-9-22)40(32(43)44)17-5-3-2-4-16-34-31(42)47-25-14-12-24(13-15-25)41(45)46/h12-15,19-23H,2-11,16-18H2,1H3,(H,34,42)(H,43,44)(H,35,37,38)/t22-,23-. The van der Waals surface area contributed by atoms with Gasteiger partial charge in [-0.15, -0.1) is 0 Å². The second-order valence-corrected chi connectivity index (χ2v) is 12.7. The van der Waals surface area contributed by atoms with Gasteiger partial charge in [0.05, 0.1) is 28.0 Å². The first-order valence-electron chi connectivity index (χ1n) is 16.2. The van der Waals surface area contributed by atoms with Crippen LogP contribution in [0.3, 0.4) is 0 Å². The van der Waals surface area contributed by atoms with Crippen LogP contribution in [0.1, 0.15) is 69.9 Å². The summed E-state index contributed by atoms with van der Waals surface area (Å²) in [6, 6.07) is 5.37. The molecule has 0 aliphatic heterocycles. The van der Waals surface area contributed by atoms with E-state index in [9.17, 15) is 24.8 Å². The molecule has 3 N–H and O–H groups in total. The monoisotopic (exact) mass is 668 g/mol. The number of nitro benzene ring substituents is 1. The third-order valence-electron chi connectivity index (χ3n) is 8.81. The number of nitro groups is 1. The lowest BCUT2D eigenvalue weighted by molar-refractivity contribution is -0.384. The summed E-state index contributed by atoms with van der Waals surface area (Å²) in [5, 5.41) is 31.7. The van der Waals surface area contributed by atoms with Crippen LogP contribution in [0.25, 0.3) is 11.3 Å². The van der Waals surface area contributed by atoms with Gasteiger partial charge in [-0.25, -0.2) is 19.6 Å². The maximum atomic E-state index is 12.1. The molecule has 0 radical (unpaired) electrons. The molecule has 252 valence electrons. The normalized spacial score (nSPS) is 17.6. The third-order valence-corrected chi connectivity index (χ3v) is 9.09. The minimum atomic E-state index is -0.902. The maximum absolute atomic E-state index is 12.1. The van der Waals surface area contributed by atoms with E-state index < -0.39 is 17.1 Å². The van der Waals surface area contributed by atoms with Crippen LogP contribution >= 0.6 is 11.6 Å². The van der Waals surface area contributed by atoms with Crippen LogP contribution in [0.2, 0.25) is 5.02 Å². The number of halogens is 1. The molecule has 47 heavy (non-hydrogen) atoms. The molecule has 2 aliphatic carbocycles. The lowest BCUT2D eigenvalue weighted by Gasteiger charge is -2.35. The number of hydrogen-bond donors (Lipinski definition) is 3. The van der Waals surface area contributed by atoms with Crippen LogP contribution in [0, 0.1) is 16.0 Å². The van der Waals surface area contributed by atoms with E-state index >= 15 is 0 Å². The number of carbonyl (C=O) groups is 2. The smallest absolute Gasteiger partial charge is 0.412 e. The Bertz CT molecular complexity index is 1540. The molecule has 0 spiro atoms. The number of anilines is 1. The molecule has 2 aromatic heterocycles. The van der Waals surface area contributed by atoms with Gasteiger partial charge in [-0.2, -0.15) is 5.10 Å². The Balaban J connectivity index is 1.01. The number of nitrogens with zero attached hydrogens (tertiary/aromatic N) is 6. The summed E-state index contributed by atoms with van der Waals surface area (Å²) < 4.78 is 7.03. The lowest BCUT2D eigenvalue weighted by atomic mass is 9.90. The van der Waals surface area contributed by atoms with Crippen LogP contribution in [0.5, 0.6) is 5.75 Å². The van der Waals surface area contributed by atoms with Crippen molar-refractivity contribution < 1.29 is 24.4 Å². The topological polar surface area (TPSA) is 178 Å². The first kappa shape index (κ1) is 33.9. The van der Waals surface area contributed by atoms with Gasteiger partial charge in [0.2, 0.25) is 5.95 Å². The van der Waals surface area contributed by atoms with Crippen molar-refractivity contribution in [3.8, 4) is 17.0 Å². The van der Waals surface area contributed by atoms with Crippen molar-refractivity contribution in [2.75, 3.05) is 18.4 Å². The number of ether oxygens (including phenoxy) is 1. The lowest BCUT2D eigenvalue weighted by Crippen LogP contribution is -2.44. The van der Waals surface area contributed by atoms with E-state index in [2.05, 4.69) is 20.7 Å². The van der Waals surface area contributed by atoms with Gasteiger partial charge in [0, 0.05) is 55.6 Å². The van der Waals surface area contributed by atoms with Gasteiger partial charge in [-0.3, -0.25) is 14.8 Å². The number of benzene rings is 1. The quantitative estimate of drug-likeness (QED) is 0.0927. The fourth-order valence-corrected chi connectivity index (χ4v) is 6.20. The molecule has 0 unspecified atom stereocenters. The molecule has 2 fully saturated rings. The van der Waals surface area contributed by atoms with Crippen molar-refractivity contribution in [1.29, 1.82) is 0 Å². The predicted octanol–water partition coefficient (Wildman–Crippen LogP) is 6.44. The molecule has 1 aromatic carbocycles. The van der Waals surface area contributed by atoms with Crippen LogP contribution in [0.4, 0.5) is 21.2 Å². The Morgan fingerprint density at radius 3 is 2.49 bits per heavy atom. The Morgan fingerprint density at radius 2 is 1.81 bits per heavy atom. The minimum absolute atomic E-state index is 0.0384. The summed E-state index contributed by atoms with van der Waals surface area (Å²) >= 11 is 6.53. The number of aromatic nitrogens is 4. The van der Waals surface area contributed by atoms with E-state index in [-0.39, 0.29) is 23.5 Å². The molecule has 2 saturated carbocycles. The van der Waals surface area contributed by atoms with Crippen molar-refractivity contribution in [2.24, 2.45) is 13.0 Å². The summed E-state index contributed by atoms with van der Waals surface area (Å²) in [5.74, 6) is 1.43. The molecule has 14 nitrogen and oxygen atoms in total. The zero-order valence-corrected chi connectivity index (χ0v) is 27.2. The van der Waals surface area contributed by atoms with Gasteiger partial charge in [-0.05, 0) is 75.8 Å². The molecule has 0 bridgehead atoms. The highest BCUT2D eigenvalue weighted by atomic mass is 35.5. The Morgan fingerprint density at radius 1 is 1.09 bits per heavy atom. The van der Waals surface area contributed by atoms with Crippen molar-refractivity contribution in [1.82, 2.24) is 30.0 Å². The van der Waals surface area contributed by atoms with E-state index in [0.717, 1.165) is 69.0 Å². The first-order valence-corrected chi connectivity index (χ1v) is 16.6. The third kappa shape index (κ3) is 9.53.